The summed E-state index contributed by atoms with van der Waals surface area (Å²) in [6.45, 7) is 14.0. The molecule has 0 spiro atoms. The van der Waals surface area contributed by atoms with Crippen LogP contribution in [0.25, 0.3) is 0 Å². The zero-order valence-electron chi connectivity index (χ0n) is 11.9. The molecule has 0 rings (SSSR count). The van der Waals surface area contributed by atoms with Gasteiger partial charge in [-0.25, -0.2) is 0 Å². The van der Waals surface area contributed by atoms with Crippen LogP contribution in [0.1, 0.15) is 60.8 Å². The van der Waals surface area contributed by atoms with Crippen molar-refractivity contribution in [3.05, 3.63) is 0 Å². The Bertz CT molecular complexity index is 153. The van der Waals surface area contributed by atoms with E-state index >= 15 is 0 Å². The predicted octanol–water partition coefficient (Wildman–Crippen LogP) is 4.08. The summed E-state index contributed by atoms with van der Waals surface area (Å²) >= 11 is 0. The van der Waals surface area contributed by atoms with Crippen molar-refractivity contribution in [1.29, 1.82) is 0 Å². The van der Waals surface area contributed by atoms with Crippen LogP contribution in [-0.4, -0.2) is 13.1 Å². The van der Waals surface area contributed by atoms with Gasteiger partial charge in [0.25, 0.3) is 0 Å². The third-order valence-electron chi connectivity index (χ3n) is 4.07. The van der Waals surface area contributed by atoms with E-state index in [4.69, 9.17) is 0 Å². The fourth-order valence-corrected chi connectivity index (χ4v) is 2.14. The third kappa shape index (κ3) is 5.01. The first kappa shape index (κ1) is 15.0. The van der Waals surface area contributed by atoms with E-state index < -0.39 is 0 Å². The van der Waals surface area contributed by atoms with Crippen molar-refractivity contribution in [1.82, 2.24) is 5.32 Å². The number of rotatable bonds is 6. The van der Waals surface area contributed by atoms with Gasteiger partial charge in [0.05, 0.1) is 0 Å². The number of nitrogens with one attached hydrogen (secondary N) is 1. The maximum atomic E-state index is 3.51. The van der Waals surface area contributed by atoms with Gasteiger partial charge >= 0.3 is 0 Å². The van der Waals surface area contributed by atoms with Gasteiger partial charge in [-0.2, -0.15) is 0 Å². The summed E-state index contributed by atoms with van der Waals surface area (Å²) in [5.41, 5.74) is 0.432. The molecule has 2 atom stereocenters. The minimum absolute atomic E-state index is 0.432. The maximum Gasteiger partial charge on any atom is 0.00948 e. The van der Waals surface area contributed by atoms with Crippen LogP contribution in [-0.2, 0) is 0 Å². The van der Waals surface area contributed by atoms with E-state index in [0.717, 1.165) is 11.8 Å². The topological polar surface area (TPSA) is 12.0 Å². The molecule has 0 aromatic rings. The molecule has 1 nitrogen and oxygen atoms in total. The summed E-state index contributed by atoms with van der Waals surface area (Å²) in [4.78, 5) is 0. The Kier molecular flexibility index (Phi) is 6.51. The molecule has 1 heteroatoms. The summed E-state index contributed by atoms with van der Waals surface area (Å²) in [5.74, 6) is 1.61. The molecule has 1 N–H and O–H groups in total. The average Bonchev–Trinajstić information content (AvgIpc) is 2.16. The fourth-order valence-electron chi connectivity index (χ4n) is 2.14. The lowest BCUT2D eigenvalue weighted by molar-refractivity contribution is 0.197. The van der Waals surface area contributed by atoms with E-state index in [1.54, 1.807) is 0 Å². The van der Waals surface area contributed by atoms with Gasteiger partial charge in [0.1, 0.15) is 0 Å². The molecule has 0 saturated heterocycles. The maximum absolute atomic E-state index is 3.51. The molecular formula is C14H31N. The Hall–Kier alpha value is -0.0400. The molecule has 0 aliphatic rings. The zero-order valence-corrected chi connectivity index (χ0v) is 11.9. The van der Waals surface area contributed by atoms with Crippen LogP contribution < -0.4 is 5.32 Å². The van der Waals surface area contributed by atoms with E-state index in [2.05, 4.69) is 53.9 Å². The van der Waals surface area contributed by atoms with Gasteiger partial charge in [0.15, 0.2) is 0 Å². The van der Waals surface area contributed by atoms with Crippen molar-refractivity contribution in [2.45, 2.75) is 66.8 Å². The Labute approximate surface area is 97.0 Å². The standard InChI is InChI=1S/C14H31N/c1-8-12(9-2)13(15-7)10-11(3)14(4,5)6/h11-13,15H,8-10H2,1-7H3. The first-order valence-corrected chi connectivity index (χ1v) is 6.54. The third-order valence-corrected chi connectivity index (χ3v) is 4.07. The fraction of sp³-hybridized carbons (Fsp3) is 1.00. The second kappa shape index (κ2) is 6.52. The molecule has 0 saturated carbocycles. The van der Waals surface area contributed by atoms with Gasteiger partial charge < -0.3 is 5.32 Å². The van der Waals surface area contributed by atoms with Crippen LogP contribution >= 0.6 is 0 Å². The number of hydrogen-bond donors (Lipinski definition) is 1. The van der Waals surface area contributed by atoms with Gasteiger partial charge in [0, 0.05) is 6.04 Å². The van der Waals surface area contributed by atoms with E-state index in [9.17, 15) is 0 Å². The SMILES string of the molecule is CCC(CC)C(CC(C)C(C)(C)C)NC. The van der Waals surface area contributed by atoms with Crippen LogP contribution in [0.4, 0.5) is 0 Å². The summed E-state index contributed by atoms with van der Waals surface area (Å²) < 4.78 is 0. The summed E-state index contributed by atoms with van der Waals surface area (Å²) in [5, 5.41) is 3.51. The predicted molar refractivity (Wildman–Crippen MR) is 70.2 cm³/mol. The first-order chi connectivity index (χ1) is 6.86. The highest BCUT2D eigenvalue weighted by Gasteiger charge is 2.25. The van der Waals surface area contributed by atoms with Crippen LogP contribution in [0.2, 0.25) is 0 Å². The molecular weight excluding hydrogens is 182 g/mol. The molecule has 0 aliphatic heterocycles. The monoisotopic (exact) mass is 213 g/mol. The molecule has 0 radical (unpaired) electrons. The molecule has 0 aromatic carbocycles. The van der Waals surface area contributed by atoms with Crippen LogP contribution in [0.15, 0.2) is 0 Å². The van der Waals surface area contributed by atoms with Gasteiger partial charge in [0.2, 0.25) is 0 Å². The van der Waals surface area contributed by atoms with E-state index in [-0.39, 0.29) is 0 Å². The number of hydrogen-bond acceptors (Lipinski definition) is 1. The van der Waals surface area contributed by atoms with Crippen molar-refractivity contribution >= 4 is 0 Å². The van der Waals surface area contributed by atoms with Crippen LogP contribution in [0.5, 0.6) is 0 Å². The van der Waals surface area contributed by atoms with Gasteiger partial charge in [-0.05, 0) is 30.7 Å². The second-order valence-corrected chi connectivity index (χ2v) is 5.97. The molecule has 0 aromatic heterocycles. The van der Waals surface area contributed by atoms with Crippen molar-refractivity contribution in [3.63, 3.8) is 0 Å². The summed E-state index contributed by atoms with van der Waals surface area (Å²) in [6, 6.07) is 0.689. The summed E-state index contributed by atoms with van der Waals surface area (Å²) in [6.07, 6.45) is 3.88. The zero-order chi connectivity index (χ0) is 12.1. The molecule has 0 amide bonds. The lowest BCUT2D eigenvalue weighted by atomic mass is 9.76. The highest BCUT2D eigenvalue weighted by atomic mass is 14.9. The van der Waals surface area contributed by atoms with Gasteiger partial charge in [-0.1, -0.05) is 54.4 Å². The molecule has 0 bridgehead atoms. The van der Waals surface area contributed by atoms with Crippen molar-refractivity contribution < 1.29 is 0 Å². The van der Waals surface area contributed by atoms with Crippen LogP contribution in [0.3, 0.4) is 0 Å². The Morgan fingerprint density at radius 3 is 1.80 bits per heavy atom. The molecule has 92 valence electrons. The molecule has 2 unspecified atom stereocenters. The lowest BCUT2D eigenvalue weighted by Gasteiger charge is -2.33. The Balaban J connectivity index is 4.32. The van der Waals surface area contributed by atoms with E-state index in [1.807, 2.05) is 0 Å². The highest BCUT2D eigenvalue weighted by Crippen LogP contribution is 2.31. The minimum Gasteiger partial charge on any atom is -0.317 e. The highest BCUT2D eigenvalue weighted by molar-refractivity contribution is 4.80. The van der Waals surface area contributed by atoms with Crippen molar-refractivity contribution in [3.8, 4) is 0 Å². The van der Waals surface area contributed by atoms with E-state index in [1.165, 1.54) is 19.3 Å². The lowest BCUT2D eigenvalue weighted by Crippen LogP contribution is -2.37. The molecule has 0 aliphatic carbocycles. The Morgan fingerprint density at radius 1 is 1.07 bits per heavy atom. The molecule has 0 heterocycles. The van der Waals surface area contributed by atoms with E-state index in [0.29, 0.717) is 11.5 Å². The molecule has 15 heavy (non-hydrogen) atoms. The van der Waals surface area contributed by atoms with Crippen LogP contribution in [0, 0.1) is 17.3 Å². The Morgan fingerprint density at radius 2 is 1.53 bits per heavy atom. The van der Waals surface area contributed by atoms with Crippen molar-refractivity contribution in [2.75, 3.05) is 7.05 Å². The normalized spacial score (nSPS) is 16.8. The summed E-state index contributed by atoms with van der Waals surface area (Å²) in [7, 11) is 2.11. The smallest absolute Gasteiger partial charge is 0.00948 e. The van der Waals surface area contributed by atoms with Crippen molar-refractivity contribution in [2.24, 2.45) is 17.3 Å². The average molecular weight is 213 g/mol. The second-order valence-electron chi connectivity index (χ2n) is 5.97. The largest absolute Gasteiger partial charge is 0.317 e. The first-order valence-electron chi connectivity index (χ1n) is 6.54. The van der Waals surface area contributed by atoms with Gasteiger partial charge in [-0.3, -0.25) is 0 Å². The molecule has 0 fully saturated rings. The quantitative estimate of drug-likeness (QED) is 0.701. The van der Waals surface area contributed by atoms with Gasteiger partial charge in [-0.15, -0.1) is 0 Å². The minimum atomic E-state index is 0.432.